The third kappa shape index (κ3) is 2.83. The van der Waals surface area contributed by atoms with E-state index in [2.05, 4.69) is 30.9 Å². The van der Waals surface area contributed by atoms with Gasteiger partial charge in [0.2, 0.25) is 17.8 Å². The maximum absolute atomic E-state index is 4.97. The number of hydrogen-bond donors (Lipinski definition) is 3. The van der Waals surface area contributed by atoms with Crippen molar-refractivity contribution < 1.29 is 4.42 Å². The van der Waals surface area contributed by atoms with E-state index < -0.39 is 0 Å². The second kappa shape index (κ2) is 5.15. The van der Waals surface area contributed by atoms with Crippen LogP contribution >= 0.6 is 0 Å². The lowest BCUT2D eigenvalue weighted by atomic mass is 10.3. The van der Waals surface area contributed by atoms with Crippen molar-refractivity contribution in [1.82, 2.24) is 15.0 Å². The Morgan fingerprint density at radius 2 is 1.71 bits per heavy atom. The van der Waals surface area contributed by atoms with Crippen molar-refractivity contribution in [3.63, 3.8) is 0 Å². The highest BCUT2D eigenvalue weighted by Crippen LogP contribution is 2.09. The molecule has 3 N–H and O–H groups in total. The van der Waals surface area contributed by atoms with Gasteiger partial charge < -0.3 is 20.4 Å². The molecule has 0 aliphatic carbocycles. The molecule has 2 rings (SSSR count). The summed E-state index contributed by atoms with van der Waals surface area (Å²) in [7, 11) is 3.52. The standard InChI is InChI=1S/C10H14N6O/c1-11-8-14-9(12-2)16-10(15-8)13-5-7-3-4-17-6-7/h3-4,6H,5H2,1-2H3,(H3,11,12,13,14,15,16). The zero-order valence-electron chi connectivity index (χ0n) is 9.69. The van der Waals surface area contributed by atoms with Crippen LogP contribution in [0.5, 0.6) is 0 Å². The molecule has 0 radical (unpaired) electrons. The Morgan fingerprint density at radius 3 is 2.24 bits per heavy atom. The van der Waals surface area contributed by atoms with Gasteiger partial charge in [0, 0.05) is 26.2 Å². The maximum Gasteiger partial charge on any atom is 0.229 e. The van der Waals surface area contributed by atoms with Crippen molar-refractivity contribution in [2.45, 2.75) is 6.54 Å². The zero-order chi connectivity index (χ0) is 12.1. The van der Waals surface area contributed by atoms with Crippen LogP contribution in [0.25, 0.3) is 0 Å². The van der Waals surface area contributed by atoms with Crippen LogP contribution in [0.4, 0.5) is 17.8 Å². The summed E-state index contributed by atoms with van der Waals surface area (Å²) in [4.78, 5) is 12.5. The molecule has 90 valence electrons. The molecule has 0 aromatic carbocycles. The van der Waals surface area contributed by atoms with Crippen LogP contribution in [0, 0.1) is 0 Å². The van der Waals surface area contributed by atoms with Gasteiger partial charge in [-0.05, 0) is 6.07 Å². The van der Waals surface area contributed by atoms with Gasteiger partial charge in [-0.2, -0.15) is 15.0 Å². The summed E-state index contributed by atoms with van der Waals surface area (Å²) in [6.07, 6.45) is 3.30. The summed E-state index contributed by atoms with van der Waals surface area (Å²) in [5.41, 5.74) is 1.03. The van der Waals surface area contributed by atoms with E-state index >= 15 is 0 Å². The van der Waals surface area contributed by atoms with Crippen LogP contribution in [0.15, 0.2) is 23.0 Å². The van der Waals surface area contributed by atoms with E-state index in [9.17, 15) is 0 Å². The first-order valence-electron chi connectivity index (χ1n) is 5.18. The van der Waals surface area contributed by atoms with E-state index in [1.807, 2.05) is 6.07 Å². The summed E-state index contributed by atoms with van der Waals surface area (Å²) in [5, 5.41) is 8.84. The highest BCUT2D eigenvalue weighted by molar-refractivity contribution is 5.41. The van der Waals surface area contributed by atoms with Gasteiger partial charge in [0.25, 0.3) is 0 Å². The molecule has 0 saturated heterocycles. The monoisotopic (exact) mass is 234 g/mol. The SMILES string of the molecule is CNc1nc(NC)nc(NCc2ccoc2)n1. The molecule has 0 amide bonds. The maximum atomic E-state index is 4.97. The van der Waals surface area contributed by atoms with Crippen molar-refractivity contribution in [2.24, 2.45) is 0 Å². The molecular formula is C10H14N6O. The van der Waals surface area contributed by atoms with E-state index in [1.165, 1.54) is 0 Å². The van der Waals surface area contributed by atoms with Crippen molar-refractivity contribution in [2.75, 3.05) is 30.0 Å². The predicted octanol–water partition coefficient (Wildman–Crippen LogP) is 1.16. The first-order chi connectivity index (χ1) is 8.31. The van der Waals surface area contributed by atoms with Crippen molar-refractivity contribution in [3.8, 4) is 0 Å². The molecule has 0 saturated carbocycles. The Hall–Kier alpha value is -2.31. The summed E-state index contributed by atoms with van der Waals surface area (Å²) < 4.78 is 4.97. The Balaban J connectivity index is 2.09. The minimum Gasteiger partial charge on any atom is -0.472 e. The smallest absolute Gasteiger partial charge is 0.229 e. The molecule has 7 nitrogen and oxygen atoms in total. The third-order valence-corrected chi connectivity index (χ3v) is 2.11. The molecule has 17 heavy (non-hydrogen) atoms. The van der Waals surface area contributed by atoms with E-state index in [1.54, 1.807) is 26.6 Å². The number of rotatable bonds is 5. The van der Waals surface area contributed by atoms with Crippen LogP contribution in [-0.4, -0.2) is 29.0 Å². The van der Waals surface area contributed by atoms with Crippen molar-refractivity contribution in [1.29, 1.82) is 0 Å². The van der Waals surface area contributed by atoms with Crippen LogP contribution in [0.3, 0.4) is 0 Å². The fraction of sp³-hybridized carbons (Fsp3) is 0.300. The number of anilines is 3. The first kappa shape index (κ1) is 11.2. The summed E-state index contributed by atoms with van der Waals surface area (Å²) in [6, 6.07) is 1.88. The predicted molar refractivity (Wildman–Crippen MR) is 65.0 cm³/mol. The van der Waals surface area contributed by atoms with Gasteiger partial charge in [0.1, 0.15) is 0 Å². The molecule has 0 spiro atoms. The number of hydrogen-bond acceptors (Lipinski definition) is 7. The van der Waals surface area contributed by atoms with E-state index in [0.29, 0.717) is 24.4 Å². The van der Waals surface area contributed by atoms with E-state index in [4.69, 9.17) is 4.42 Å². The fourth-order valence-corrected chi connectivity index (χ4v) is 1.25. The largest absolute Gasteiger partial charge is 0.472 e. The third-order valence-electron chi connectivity index (χ3n) is 2.11. The van der Waals surface area contributed by atoms with Gasteiger partial charge in [-0.1, -0.05) is 0 Å². The topological polar surface area (TPSA) is 87.9 Å². The molecule has 2 aromatic heterocycles. The Labute approximate surface area is 98.7 Å². The molecule has 7 heteroatoms. The van der Waals surface area contributed by atoms with Gasteiger partial charge in [-0.3, -0.25) is 0 Å². The highest BCUT2D eigenvalue weighted by Gasteiger charge is 2.04. The van der Waals surface area contributed by atoms with Crippen molar-refractivity contribution >= 4 is 17.8 Å². The molecule has 0 aliphatic heterocycles. The minimum absolute atomic E-state index is 0.509. The average molecular weight is 234 g/mol. The van der Waals surface area contributed by atoms with Crippen LogP contribution in [0.1, 0.15) is 5.56 Å². The quantitative estimate of drug-likeness (QED) is 0.715. The molecule has 0 bridgehead atoms. The number of aromatic nitrogens is 3. The van der Waals surface area contributed by atoms with Gasteiger partial charge in [-0.15, -0.1) is 0 Å². The Bertz CT molecular complexity index is 447. The highest BCUT2D eigenvalue weighted by atomic mass is 16.3. The molecule has 0 aliphatic rings. The van der Waals surface area contributed by atoms with Gasteiger partial charge in [0.15, 0.2) is 0 Å². The van der Waals surface area contributed by atoms with Crippen molar-refractivity contribution in [3.05, 3.63) is 24.2 Å². The van der Waals surface area contributed by atoms with E-state index in [0.717, 1.165) is 5.56 Å². The fourth-order valence-electron chi connectivity index (χ4n) is 1.25. The Morgan fingerprint density at radius 1 is 1.06 bits per heavy atom. The lowest BCUT2D eigenvalue weighted by molar-refractivity contribution is 0.564. The second-order valence-corrected chi connectivity index (χ2v) is 3.29. The van der Waals surface area contributed by atoms with Gasteiger partial charge in [0.05, 0.1) is 12.5 Å². The summed E-state index contributed by atoms with van der Waals surface area (Å²) >= 11 is 0. The lowest BCUT2D eigenvalue weighted by Crippen LogP contribution is -2.09. The van der Waals surface area contributed by atoms with E-state index in [-0.39, 0.29) is 0 Å². The minimum atomic E-state index is 0.509. The number of furan rings is 1. The first-order valence-corrected chi connectivity index (χ1v) is 5.18. The summed E-state index contributed by atoms with van der Waals surface area (Å²) in [5.74, 6) is 1.54. The van der Waals surface area contributed by atoms with Crippen LogP contribution < -0.4 is 16.0 Å². The average Bonchev–Trinajstić information content (AvgIpc) is 2.89. The lowest BCUT2D eigenvalue weighted by Gasteiger charge is -2.07. The molecule has 0 unspecified atom stereocenters. The van der Waals surface area contributed by atoms with Gasteiger partial charge in [-0.25, -0.2) is 0 Å². The van der Waals surface area contributed by atoms with Gasteiger partial charge >= 0.3 is 0 Å². The molecule has 2 aromatic rings. The number of nitrogens with zero attached hydrogens (tertiary/aromatic N) is 3. The van der Waals surface area contributed by atoms with Crippen LogP contribution in [-0.2, 0) is 6.54 Å². The zero-order valence-corrected chi connectivity index (χ0v) is 9.69. The molecular weight excluding hydrogens is 220 g/mol. The molecule has 2 heterocycles. The normalized spacial score (nSPS) is 10.0. The summed E-state index contributed by atoms with van der Waals surface area (Å²) in [6.45, 7) is 0.604. The second-order valence-electron chi connectivity index (χ2n) is 3.29. The Kier molecular flexibility index (Phi) is 3.39. The number of nitrogens with one attached hydrogen (secondary N) is 3. The molecule has 0 fully saturated rings. The van der Waals surface area contributed by atoms with Crippen LogP contribution in [0.2, 0.25) is 0 Å². The molecule has 0 atom stereocenters.